The molecule has 0 spiro atoms. The average molecular weight is 169 g/mol. The summed E-state index contributed by atoms with van der Waals surface area (Å²) in [5.41, 5.74) is 0.962. The van der Waals surface area contributed by atoms with Crippen molar-refractivity contribution in [1.29, 1.82) is 0 Å². The Morgan fingerprint density at radius 1 is 1.83 bits per heavy atom. The van der Waals surface area contributed by atoms with Crippen molar-refractivity contribution >= 4 is 5.91 Å². The first-order chi connectivity index (χ1) is 5.65. The first kappa shape index (κ1) is 9.26. The summed E-state index contributed by atoms with van der Waals surface area (Å²) in [4.78, 5) is 13.0. The average Bonchev–Trinajstić information content (AvgIpc) is 2.32. The fourth-order valence-corrected chi connectivity index (χ4v) is 1.49. The van der Waals surface area contributed by atoms with Crippen LogP contribution in [0.3, 0.4) is 0 Å². The molecule has 12 heavy (non-hydrogen) atoms. The van der Waals surface area contributed by atoms with Gasteiger partial charge in [0.25, 0.3) is 0 Å². The van der Waals surface area contributed by atoms with Gasteiger partial charge in [-0.25, -0.2) is 0 Å². The standard InChI is InChI=1S/C9H15NO2/c1-7(2)5-10-8(6-11)3-4-9(10)12/h8,11H,1,3-6H2,2H3. The maximum absolute atomic E-state index is 11.3. The van der Waals surface area contributed by atoms with Gasteiger partial charge in [-0.05, 0) is 13.3 Å². The molecule has 0 aromatic heterocycles. The van der Waals surface area contributed by atoms with Gasteiger partial charge in [-0.2, -0.15) is 0 Å². The second kappa shape index (κ2) is 3.72. The number of hydrogen-bond donors (Lipinski definition) is 1. The molecular weight excluding hydrogens is 154 g/mol. The van der Waals surface area contributed by atoms with Gasteiger partial charge in [0.05, 0.1) is 12.6 Å². The molecule has 1 aliphatic rings. The molecule has 0 saturated carbocycles. The Bertz CT molecular complexity index is 201. The molecule has 0 bridgehead atoms. The van der Waals surface area contributed by atoms with Crippen molar-refractivity contribution in [3.63, 3.8) is 0 Å². The van der Waals surface area contributed by atoms with E-state index < -0.39 is 0 Å². The summed E-state index contributed by atoms with van der Waals surface area (Å²) in [5, 5.41) is 8.94. The van der Waals surface area contributed by atoms with E-state index in [0.717, 1.165) is 12.0 Å². The van der Waals surface area contributed by atoms with Gasteiger partial charge in [0.15, 0.2) is 0 Å². The molecule has 1 amide bonds. The van der Waals surface area contributed by atoms with Crippen LogP contribution in [0.25, 0.3) is 0 Å². The molecule has 0 radical (unpaired) electrons. The summed E-state index contributed by atoms with van der Waals surface area (Å²) in [5.74, 6) is 0.136. The Balaban J connectivity index is 2.57. The number of aliphatic hydroxyl groups is 1. The van der Waals surface area contributed by atoms with Gasteiger partial charge in [0.2, 0.25) is 5.91 Å². The highest BCUT2D eigenvalue weighted by atomic mass is 16.3. The predicted octanol–water partition coefficient (Wildman–Crippen LogP) is 0.546. The first-order valence-electron chi connectivity index (χ1n) is 4.20. The van der Waals surface area contributed by atoms with Crippen molar-refractivity contribution < 1.29 is 9.90 Å². The van der Waals surface area contributed by atoms with Crippen molar-refractivity contribution in [3.05, 3.63) is 12.2 Å². The summed E-state index contributed by atoms with van der Waals surface area (Å²) in [7, 11) is 0. The number of amides is 1. The number of rotatable bonds is 3. The fraction of sp³-hybridized carbons (Fsp3) is 0.667. The van der Waals surface area contributed by atoms with Crippen LogP contribution in [-0.4, -0.2) is 35.1 Å². The van der Waals surface area contributed by atoms with Crippen LogP contribution in [0.2, 0.25) is 0 Å². The summed E-state index contributed by atoms with van der Waals surface area (Å²) in [6.45, 7) is 6.29. The minimum Gasteiger partial charge on any atom is -0.394 e. The van der Waals surface area contributed by atoms with Crippen molar-refractivity contribution in [2.75, 3.05) is 13.2 Å². The summed E-state index contributed by atoms with van der Waals surface area (Å²) in [6.07, 6.45) is 1.35. The van der Waals surface area contributed by atoms with E-state index in [-0.39, 0.29) is 18.6 Å². The minimum absolute atomic E-state index is 0.0224. The third kappa shape index (κ3) is 1.85. The molecule has 1 unspecified atom stereocenters. The number of likely N-dealkylation sites (tertiary alicyclic amines) is 1. The van der Waals surface area contributed by atoms with Crippen LogP contribution in [0.1, 0.15) is 19.8 Å². The molecule has 1 aliphatic heterocycles. The van der Waals surface area contributed by atoms with E-state index in [4.69, 9.17) is 5.11 Å². The number of carbonyl (C=O) groups excluding carboxylic acids is 1. The van der Waals surface area contributed by atoms with Gasteiger partial charge in [-0.3, -0.25) is 4.79 Å². The van der Waals surface area contributed by atoms with Crippen molar-refractivity contribution in [3.8, 4) is 0 Å². The number of hydrogen-bond acceptors (Lipinski definition) is 2. The normalized spacial score (nSPS) is 23.3. The van der Waals surface area contributed by atoms with Crippen LogP contribution in [-0.2, 0) is 4.79 Å². The van der Waals surface area contributed by atoms with Crippen LogP contribution in [0.15, 0.2) is 12.2 Å². The van der Waals surface area contributed by atoms with Gasteiger partial charge < -0.3 is 10.0 Å². The van der Waals surface area contributed by atoms with Crippen LogP contribution < -0.4 is 0 Å². The highest BCUT2D eigenvalue weighted by Crippen LogP contribution is 2.18. The lowest BCUT2D eigenvalue weighted by Crippen LogP contribution is -2.36. The molecule has 3 heteroatoms. The van der Waals surface area contributed by atoms with E-state index in [9.17, 15) is 4.79 Å². The lowest BCUT2D eigenvalue weighted by Gasteiger charge is -2.22. The van der Waals surface area contributed by atoms with Crippen molar-refractivity contribution in [2.24, 2.45) is 0 Å². The minimum atomic E-state index is 0.0224. The molecule has 1 rings (SSSR count). The molecule has 0 aliphatic carbocycles. The lowest BCUT2D eigenvalue weighted by atomic mass is 10.2. The Labute approximate surface area is 72.7 Å². The Morgan fingerprint density at radius 2 is 2.50 bits per heavy atom. The summed E-state index contributed by atoms with van der Waals surface area (Å²) in [6, 6.07) is 0.0224. The quantitative estimate of drug-likeness (QED) is 0.627. The lowest BCUT2D eigenvalue weighted by molar-refractivity contribution is -0.129. The Morgan fingerprint density at radius 3 is 3.00 bits per heavy atom. The van der Waals surface area contributed by atoms with Crippen molar-refractivity contribution in [1.82, 2.24) is 4.90 Å². The van der Waals surface area contributed by atoms with Gasteiger partial charge >= 0.3 is 0 Å². The zero-order valence-electron chi connectivity index (χ0n) is 7.42. The second-order valence-corrected chi connectivity index (χ2v) is 3.35. The largest absolute Gasteiger partial charge is 0.394 e. The molecule has 1 saturated heterocycles. The van der Waals surface area contributed by atoms with Crippen LogP contribution in [0.4, 0.5) is 0 Å². The Hall–Kier alpha value is -0.830. The highest BCUT2D eigenvalue weighted by Gasteiger charge is 2.29. The van der Waals surface area contributed by atoms with E-state index in [1.54, 1.807) is 4.90 Å². The van der Waals surface area contributed by atoms with Crippen LogP contribution in [0, 0.1) is 0 Å². The molecule has 1 N–H and O–H groups in total. The van der Waals surface area contributed by atoms with E-state index >= 15 is 0 Å². The highest BCUT2D eigenvalue weighted by molar-refractivity contribution is 5.79. The topological polar surface area (TPSA) is 40.5 Å². The smallest absolute Gasteiger partial charge is 0.223 e. The van der Waals surface area contributed by atoms with Crippen molar-refractivity contribution in [2.45, 2.75) is 25.8 Å². The maximum atomic E-state index is 11.3. The third-order valence-electron chi connectivity index (χ3n) is 2.10. The first-order valence-corrected chi connectivity index (χ1v) is 4.20. The molecule has 1 fully saturated rings. The molecule has 1 heterocycles. The van der Waals surface area contributed by atoms with E-state index in [1.807, 2.05) is 6.92 Å². The maximum Gasteiger partial charge on any atom is 0.223 e. The van der Waals surface area contributed by atoms with Gasteiger partial charge in [0, 0.05) is 13.0 Å². The zero-order chi connectivity index (χ0) is 9.14. The molecule has 0 aromatic rings. The van der Waals surface area contributed by atoms with E-state index in [1.165, 1.54) is 0 Å². The molecule has 68 valence electrons. The third-order valence-corrected chi connectivity index (χ3v) is 2.10. The Kier molecular flexibility index (Phi) is 2.87. The molecule has 3 nitrogen and oxygen atoms in total. The predicted molar refractivity (Wildman–Crippen MR) is 46.6 cm³/mol. The fourth-order valence-electron chi connectivity index (χ4n) is 1.49. The van der Waals surface area contributed by atoms with Gasteiger partial charge in [-0.1, -0.05) is 12.2 Å². The van der Waals surface area contributed by atoms with Crippen LogP contribution in [0.5, 0.6) is 0 Å². The second-order valence-electron chi connectivity index (χ2n) is 3.35. The van der Waals surface area contributed by atoms with E-state index in [0.29, 0.717) is 13.0 Å². The number of aliphatic hydroxyl groups excluding tert-OH is 1. The number of nitrogens with zero attached hydrogens (tertiary/aromatic N) is 1. The number of carbonyl (C=O) groups is 1. The zero-order valence-corrected chi connectivity index (χ0v) is 7.42. The molecule has 0 aromatic carbocycles. The van der Waals surface area contributed by atoms with Gasteiger partial charge in [-0.15, -0.1) is 0 Å². The molecular formula is C9H15NO2. The van der Waals surface area contributed by atoms with Gasteiger partial charge in [0.1, 0.15) is 0 Å². The summed E-state index contributed by atoms with van der Waals surface area (Å²) >= 11 is 0. The summed E-state index contributed by atoms with van der Waals surface area (Å²) < 4.78 is 0. The SMILES string of the molecule is C=C(C)CN1C(=O)CCC1CO. The monoisotopic (exact) mass is 169 g/mol. The molecule has 1 atom stereocenters. The van der Waals surface area contributed by atoms with Crippen LogP contribution >= 0.6 is 0 Å². The van der Waals surface area contributed by atoms with E-state index in [2.05, 4.69) is 6.58 Å².